The van der Waals surface area contributed by atoms with E-state index in [2.05, 4.69) is 11.4 Å². The molecule has 1 aliphatic rings. The lowest BCUT2D eigenvalue weighted by Gasteiger charge is -2.14. The topological polar surface area (TPSA) is 52.9 Å². The molecule has 0 bridgehead atoms. The molecule has 15 heavy (non-hydrogen) atoms. The fraction of sp³-hybridized carbons (Fsp3) is 0.667. The van der Waals surface area contributed by atoms with Crippen LogP contribution in [-0.4, -0.2) is 12.5 Å². The Kier molecular flexibility index (Phi) is 3.90. The van der Waals surface area contributed by atoms with Crippen molar-refractivity contribution in [2.75, 3.05) is 6.54 Å². The number of nitriles is 1. The summed E-state index contributed by atoms with van der Waals surface area (Å²) >= 11 is 0. The Balaban J connectivity index is 2.26. The molecule has 0 heterocycles. The van der Waals surface area contributed by atoms with Crippen LogP contribution in [-0.2, 0) is 4.79 Å². The number of carbonyl (C=O) groups is 1. The first-order valence-electron chi connectivity index (χ1n) is 5.44. The number of nitrogens with one attached hydrogen (secondary N) is 1. The highest BCUT2D eigenvalue weighted by Crippen LogP contribution is 2.20. The largest absolute Gasteiger partial charge is 0.354 e. The van der Waals surface area contributed by atoms with Gasteiger partial charge in [-0.15, -0.1) is 0 Å². The average molecular weight is 206 g/mol. The molecule has 0 aromatic rings. The van der Waals surface area contributed by atoms with E-state index in [1.165, 1.54) is 18.4 Å². The minimum Gasteiger partial charge on any atom is -0.354 e. The number of hydrogen-bond donors (Lipinski definition) is 1. The first-order valence-corrected chi connectivity index (χ1v) is 5.44. The van der Waals surface area contributed by atoms with E-state index >= 15 is 0 Å². The lowest BCUT2D eigenvalue weighted by molar-refractivity contribution is -0.126. The van der Waals surface area contributed by atoms with Crippen molar-refractivity contribution in [1.29, 1.82) is 5.26 Å². The highest BCUT2D eigenvalue weighted by molar-refractivity contribution is 5.84. The lowest BCUT2D eigenvalue weighted by Crippen LogP contribution is -2.36. The monoisotopic (exact) mass is 206 g/mol. The summed E-state index contributed by atoms with van der Waals surface area (Å²) in [6.45, 7) is 3.92. The summed E-state index contributed by atoms with van der Waals surface area (Å²) in [5, 5.41) is 11.6. The van der Waals surface area contributed by atoms with Gasteiger partial charge in [0.2, 0.25) is 5.91 Å². The molecule has 3 heteroatoms. The zero-order valence-corrected chi connectivity index (χ0v) is 9.47. The predicted octanol–water partition coefficient (Wildman–Crippen LogP) is 2.15. The average Bonchev–Trinajstić information content (AvgIpc) is 2.70. The zero-order chi connectivity index (χ0) is 11.3. The molecule has 0 fully saturated rings. The molecule has 0 unspecified atom stereocenters. The van der Waals surface area contributed by atoms with Gasteiger partial charge in [-0.1, -0.05) is 11.6 Å². The van der Waals surface area contributed by atoms with Crippen molar-refractivity contribution in [2.24, 2.45) is 5.41 Å². The van der Waals surface area contributed by atoms with Crippen LogP contribution in [0.2, 0.25) is 0 Å². The van der Waals surface area contributed by atoms with Crippen LogP contribution < -0.4 is 5.32 Å². The molecule has 1 rings (SSSR count). The van der Waals surface area contributed by atoms with Crippen molar-refractivity contribution in [1.82, 2.24) is 5.32 Å². The minimum absolute atomic E-state index is 0.177. The molecule has 1 N–H and O–H groups in total. The van der Waals surface area contributed by atoms with Crippen molar-refractivity contribution in [2.45, 2.75) is 39.5 Å². The van der Waals surface area contributed by atoms with Gasteiger partial charge in [-0.3, -0.25) is 4.79 Å². The van der Waals surface area contributed by atoms with Gasteiger partial charge in [0, 0.05) is 6.54 Å². The summed E-state index contributed by atoms with van der Waals surface area (Å²) in [7, 11) is 0. The highest BCUT2D eigenvalue weighted by atomic mass is 16.2. The van der Waals surface area contributed by atoms with E-state index in [1.807, 2.05) is 6.07 Å². The Morgan fingerprint density at radius 3 is 2.93 bits per heavy atom. The third kappa shape index (κ3) is 3.39. The summed E-state index contributed by atoms with van der Waals surface area (Å²) in [5.74, 6) is -0.177. The number of allylic oxidation sites excluding steroid dienone is 1. The van der Waals surface area contributed by atoms with E-state index in [0.29, 0.717) is 6.54 Å². The number of carbonyl (C=O) groups excluding carboxylic acids is 1. The fourth-order valence-corrected chi connectivity index (χ4v) is 1.57. The maximum Gasteiger partial charge on any atom is 0.239 e. The Morgan fingerprint density at radius 1 is 1.67 bits per heavy atom. The maximum absolute atomic E-state index is 11.5. The normalized spacial score (nSPS) is 15.7. The quantitative estimate of drug-likeness (QED) is 0.716. The number of hydrogen-bond acceptors (Lipinski definition) is 2. The number of nitrogens with zero attached hydrogens (tertiary/aromatic N) is 1. The molecule has 3 nitrogen and oxygen atoms in total. The minimum atomic E-state index is -0.913. The molecule has 0 saturated carbocycles. The zero-order valence-electron chi connectivity index (χ0n) is 9.47. The van der Waals surface area contributed by atoms with Crippen molar-refractivity contribution in [3.05, 3.63) is 11.6 Å². The summed E-state index contributed by atoms with van der Waals surface area (Å²) in [6.07, 6.45) is 6.76. The predicted molar refractivity (Wildman–Crippen MR) is 59.0 cm³/mol. The molecule has 82 valence electrons. The van der Waals surface area contributed by atoms with Crippen LogP contribution in [0.5, 0.6) is 0 Å². The van der Waals surface area contributed by atoms with Crippen LogP contribution in [0.3, 0.4) is 0 Å². The molecule has 0 radical (unpaired) electrons. The molecule has 0 saturated heterocycles. The molecular formula is C12H18N2O. The molecule has 0 aromatic heterocycles. The van der Waals surface area contributed by atoms with Gasteiger partial charge >= 0.3 is 0 Å². The third-order valence-electron chi connectivity index (χ3n) is 2.71. The van der Waals surface area contributed by atoms with E-state index in [0.717, 1.165) is 12.8 Å². The molecule has 1 aliphatic carbocycles. The Morgan fingerprint density at radius 2 is 2.40 bits per heavy atom. The van der Waals surface area contributed by atoms with Crippen LogP contribution in [0, 0.1) is 16.7 Å². The van der Waals surface area contributed by atoms with Crippen molar-refractivity contribution < 1.29 is 4.79 Å². The van der Waals surface area contributed by atoms with Gasteiger partial charge in [-0.05, 0) is 39.5 Å². The second-order valence-electron chi connectivity index (χ2n) is 4.50. The fourth-order valence-electron chi connectivity index (χ4n) is 1.57. The molecule has 1 amide bonds. The van der Waals surface area contributed by atoms with Crippen LogP contribution >= 0.6 is 0 Å². The molecule has 0 aliphatic heterocycles. The summed E-state index contributed by atoms with van der Waals surface area (Å²) in [6, 6.07) is 1.99. The molecular weight excluding hydrogens is 188 g/mol. The van der Waals surface area contributed by atoms with Gasteiger partial charge in [0.15, 0.2) is 0 Å². The van der Waals surface area contributed by atoms with E-state index < -0.39 is 5.41 Å². The molecule has 0 atom stereocenters. The van der Waals surface area contributed by atoms with E-state index in [1.54, 1.807) is 13.8 Å². The summed E-state index contributed by atoms with van der Waals surface area (Å²) in [4.78, 5) is 11.5. The Bertz CT molecular complexity index is 310. The summed E-state index contributed by atoms with van der Waals surface area (Å²) < 4.78 is 0. The van der Waals surface area contributed by atoms with Crippen molar-refractivity contribution >= 4 is 5.91 Å². The van der Waals surface area contributed by atoms with Gasteiger partial charge in [0.25, 0.3) is 0 Å². The van der Waals surface area contributed by atoms with E-state index in [4.69, 9.17) is 5.26 Å². The number of amides is 1. The van der Waals surface area contributed by atoms with Crippen molar-refractivity contribution in [3.8, 4) is 6.07 Å². The second-order valence-corrected chi connectivity index (χ2v) is 4.50. The highest BCUT2D eigenvalue weighted by Gasteiger charge is 2.26. The van der Waals surface area contributed by atoms with Crippen LogP contribution in [0.4, 0.5) is 0 Å². The number of rotatable bonds is 4. The molecule has 0 spiro atoms. The van der Waals surface area contributed by atoms with Gasteiger partial charge < -0.3 is 5.32 Å². The van der Waals surface area contributed by atoms with Gasteiger partial charge in [-0.2, -0.15) is 5.26 Å². The second kappa shape index (κ2) is 4.97. The Hall–Kier alpha value is -1.30. The van der Waals surface area contributed by atoms with Crippen LogP contribution in [0.25, 0.3) is 0 Å². The summed E-state index contributed by atoms with van der Waals surface area (Å²) in [5.41, 5.74) is 0.523. The van der Waals surface area contributed by atoms with Gasteiger partial charge in [0.05, 0.1) is 6.07 Å². The van der Waals surface area contributed by atoms with Crippen LogP contribution in [0.15, 0.2) is 11.6 Å². The third-order valence-corrected chi connectivity index (χ3v) is 2.71. The first-order chi connectivity index (χ1) is 7.06. The maximum atomic E-state index is 11.5. The van der Waals surface area contributed by atoms with Crippen LogP contribution in [0.1, 0.15) is 39.5 Å². The van der Waals surface area contributed by atoms with Crippen molar-refractivity contribution in [3.63, 3.8) is 0 Å². The van der Waals surface area contributed by atoms with Gasteiger partial charge in [-0.25, -0.2) is 0 Å². The first kappa shape index (κ1) is 11.8. The van der Waals surface area contributed by atoms with E-state index in [9.17, 15) is 4.79 Å². The lowest BCUT2D eigenvalue weighted by atomic mass is 9.95. The van der Waals surface area contributed by atoms with Gasteiger partial charge in [0.1, 0.15) is 5.41 Å². The van der Waals surface area contributed by atoms with E-state index in [-0.39, 0.29) is 5.91 Å². The molecule has 0 aromatic carbocycles. The SMILES string of the molecule is CC(C)(C#N)C(=O)NCCC1=CCCC1. The standard InChI is InChI=1S/C12H18N2O/c1-12(2,9-13)11(15)14-8-7-10-5-3-4-6-10/h5H,3-4,6-8H2,1-2H3,(H,14,15). The Labute approximate surface area is 91.2 Å². The smallest absolute Gasteiger partial charge is 0.239 e.